The van der Waals surface area contributed by atoms with Crippen molar-refractivity contribution in [3.8, 4) is 22.9 Å². The van der Waals surface area contributed by atoms with Crippen LogP contribution in [0.3, 0.4) is 0 Å². The number of hydrogen-bond acceptors (Lipinski definition) is 8. The highest BCUT2D eigenvalue weighted by Crippen LogP contribution is 2.36. The third-order valence-corrected chi connectivity index (χ3v) is 5.82. The molecule has 1 atom stereocenters. The zero-order chi connectivity index (χ0) is 20.5. The van der Waals surface area contributed by atoms with Crippen LogP contribution in [0.1, 0.15) is 17.8 Å². The van der Waals surface area contributed by atoms with Gasteiger partial charge in [-0.1, -0.05) is 40.7 Å². The van der Waals surface area contributed by atoms with Gasteiger partial charge < -0.3 is 18.6 Å². The Morgan fingerprint density at radius 1 is 1.10 bits per heavy atom. The maximum absolute atomic E-state index is 6.03. The summed E-state index contributed by atoms with van der Waals surface area (Å²) >= 11 is 7.38. The molecular weight excluding hydrogens is 426 g/mol. The van der Waals surface area contributed by atoms with E-state index in [1.54, 1.807) is 12.1 Å². The van der Waals surface area contributed by atoms with E-state index in [9.17, 15) is 0 Å². The molecule has 8 nitrogen and oxygen atoms in total. The molecule has 4 aromatic rings. The third-order valence-electron chi connectivity index (χ3n) is 4.56. The Hall–Kier alpha value is -3.04. The molecule has 1 aliphatic rings. The molecule has 0 saturated heterocycles. The van der Waals surface area contributed by atoms with E-state index in [2.05, 4.69) is 20.3 Å². The van der Waals surface area contributed by atoms with Gasteiger partial charge in [0.2, 0.25) is 11.7 Å². The average Bonchev–Trinajstić information content (AvgIpc) is 3.39. The van der Waals surface area contributed by atoms with Gasteiger partial charge in [0.15, 0.2) is 28.6 Å². The first-order valence-corrected chi connectivity index (χ1v) is 10.5. The number of benzene rings is 2. The fraction of sp³-hybridized carbons (Fsp3) is 0.200. The first-order valence-electron chi connectivity index (χ1n) is 9.16. The van der Waals surface area contributed by atoms with Gasteiger partial charge in [-0.05, 0) is 36.4 Å². The van der Waals surface area contributed by atoms with Crippen LogP contribution >= 0.6 is 23.4 Å². The lowest BCUT2D eigenvalue weighted by molar-refractivity contribution is 0.0825. The van der Waals surface area contributed by atoms with Crippen molar-refractivity contribution in [2.45, 2.75) is 17.0 Å². The zero-order valence-corrected chi connectivity index (χ0v) is 17.4. The number of nitrogens with zero attached hydrogens (tertiary/aromatic N) is 5. The molecule has 1 aliphatic heterocycles. The van der Waals surface area contributed by atoms with Crippen molar-refractivity contribution in [1.82, 2.24) is 24.9 Å². The SMILES string of the molecule is Cn1c(SCc2nc(-c3ccc(Cl)cc3)no2)nnc1[C@@H]1COc2ccccc2O1. The number of ether oxygens (including phenoxy) is 2. The first-order chi connectivity index (χ1) is 14.7. The van der Waals surface area contributed by atoms with E-state index < -0.39 is 0 Å². The van der Waals surface area contributed by atoms with E-state index in [-0.39, 0.29) is 6.10 Å². The monoisotopic (exact) mass is 441 g/mol. The Balaban J connectivity index is 1.26. The molecule has 3 heterocycles. The fourth-order valence-electron chi connectivity index (χ4n) is 3.03. The molecule has 152 valence electrons. The topological polar surface area (TPSA) is 88.1 Å². The lowest BCUT2D eigenvalue weighted by Crippen LogP contribution is -2.24. The van der Waals surface area contributed by atoms with Crippen LogP contribution in [0.2, 0.25) is 5.02 Å². The maximum Gasteiger partial charge on any atom is 0.237 e. The molecule has 0 N–H and O–H groups in total. The largest absolute Gasteiger partial charge is 0.485 e. The highest BCUT2D eigenvalue weighted by molar-refractivity contribution is 7.98. The smallest absolute Gasteiger partial charge is 0.237 e. The van der Waals surface area contributed by atoms with Gasteiger partial charge in [-0.2, -0.15) is 4.98 Å². The van der Waals surface area contributed by atoms with E-state index in [1.807, 2.05) is 48.0 Å². The molecule has 0 bridgehead atoms. The fourth-order valence-corrected chi connectivity index (χ4v) is 3.92. The number of fused-ring (bicyclic) bond motifs is 1. The summed E-state index contributed by atoms with van der Waals surface area (Å²) in [5, 5.41) is 14.0. The number of halogens is 1. The van der Waals surface area contributed by atoms with Crippen LogP contribution in [0.15, 0.2) is 58.2 Å². The lowest BCUT2D eigenvalue weighted by Gasteiger charge is -2.25. The second-order valence-electron chi connectivity index (χ2n) is 6.57. The van der Waals surface area contributed by atoms with E-state index in [0.29, 0.717) is 40.7 Å². The molecule has 0 radical (unpaired) electrons. The summed E-state index contributed by atoms with van der Waals surface area (Å²) < 4.78 is 19.1. The van der Waals surface area contributed by atoms with E-state index in [4.69, 9.17) is 25.6 Å². The molecule has 30 heavy (non-hydrogen) atoms. The van der Waals surface area contributed by atoms with Gasteiger partial charge in [-0.15, -0.1) is 10.2 Å². The standard InChI is InChI=1S/C20H16ClN5O3S/c1-26-19(16-10-27-14-4-2-3-5-15(14)28-16)23-24-20(26)30-11-17-22-18(25-29-17)12-6-8-13(21)9-7-12/h2-9,16H,10-11H2,1H3/t16-/m0/s1. The summed E-state index contributed by atoms with van der Waals surface area (Å²) in [7, 11) is 1.90. The minimum Gasteiger partial charge on any atom is -0.485 e. The van der Waals surface area contributed by atoms with Crippen LogP contribution in [0, 0.1) is 0 Å². The van der Waals surface area contributed by atoms with Crippen molar-refractivity contribution in [3.05, 3.63) is 65.3 Å². The highest BCUT2D eigenvalue weighted by atomic mass is 35.5. The summed E-state index contributed by atoms with van der Waals surface area (Å²) in [5.41, 5.74) is 0.843. The number of thioether (sulfide) groups is 1. The molecule has 2 aromatic heterocycles. The Kier molecular flexibility index (Phi) is 5.06. The van der Waals surface area contributed by atoms with Crippen LogP contribution in [-0.2, 0) is 12.8 Å². The lowest BCUT2D eigenvalue weighted by atomic mass is 10.2. The molecule has 10 heteroatoms. The quantitative estimate of drug-likeness (QED) is 0.423. The van der Waals surface area contributed by atoms with Crippen LogP contribution in [0.5, 0.6) is 11.5 Å². The van der Waals surface area contributed by atoms with Gasteiger partial charge in [-0.3, -0.25) is 0 Å². The molecule has 5 rings (SSSR count). The van der Waals surface area contributed by atoms with E-state index in [1.165, 1.54) is 11.8 Å². The number of para-hydroxylation sites is 2. The Labute approximate surface area is 181 Å². The van der Waals surface area contributed by atoms with Crippen molar-refractivity contribution in [2.24, 2.45) is 7.05 Å². The Morgan fingerprint density at radius 3 is 2.73 bits per heavy atom. The van der Waals surface area contributed by atoms with Gasteiger partial charge in [0.1, 0.15) is 6.61 Å². The van der Waals surface area contributed by atoms with Gasteiger partial charge in [-0.25, -0.2) is 0 Å². The number of aromatic nitrogens is 5. The van der Waals surface area contributed by atoms with Gasteiger partial charge in [0.05, 0.1) is 5.75 Å². The van der Waals surface area contributed by atoms with E-state index >= 15 is 0 Å². The molecule has 0 aliphatic carbocycles. The van der Waals surface area contributed by atoms with E-state index in [0.717, 1.165) is 16.5 Å². The first kappa shape index (κ1) is 19.0. The third kappa shape index (κ3) is 3.73. The van der Waals surface area contributed by atoms with Crippen LogP contribution in [0.4, 0.5) is 0 Å². The van der Waals surface area contributed by atoms with Gasteiger partial charge in [0.25, 0.3) is 0 Å². The van der Waals surface area contributed by atoms with Crippen molar-refractivity contribution < 1.29 is 14.0 Å². The zero-order valence-electron chi connectivity index (χ0n) is 15.9. The predicted molar refractivity (Wildman–Crippen MR) is 111 cm³/mol. The minimum absolute atomic E-state index is 0.327. The maximum atomic E-state index is 6.03. The number of rotatable bonds is 5. The second kappa shape index (κ2) is 8.00. The molecule has 0 unspecified atom stereocenters. The Morgan fingerprint density at radius 2 is 1.90 bits per heavy atom. The van der Waals surface area contributed by atoms with Crippen LogP contribution in [0.25, 0.3) is 11.4 Å². The minimum atomic E-state index is -0.327. The van der Waals surface area contributed by atoms with Crippen molar-refractivity contribution in [3.63, 3.8) is 0 Å². The number of hydrogen-bond donors (Lipinski definition) is 0. The van der Waals surface area contributed by atoms with Crippen LogP contribution in [-0.4, -0.2) is 31.5 Å². The molecule has 0 fully saturated rings. The molecule has 0 amide bonds. The van der Waals surface area contributed by atoms with Gasteiger partial charge >= 0.3 is 0 Å². The summed E-state index contributed by atoms with van der Waals surface area (Å²) in [6.07, 6.45) is -0.327. The second-order valence-corrected chi connectivity index (χ2v) is 7.95. The predicted octanol–water partition coefficient (Wildman–Crippen LogP) is 4.32. The highest BCUT2D eigenvalue weighted by Gasteiger charge is 2.27. The van der Waals surface area contributed by atoms with Crippen molar-refractivity contribution in [2.75, 3.05) is 6.61 Å². The summed E-state index contributed by atoms with van der Waals surface area (Å²) in [4.78, 5) is 4.43. The Bertz CT molecular complexity index is 1180. The van der Waals surface area contributed by atoms with Crippen molar-refractivity contribution in [1.29, 1.82) is 0 Å². The van der Waals surface area contributed by atoms with Crippen molar-refractivity contribution >= 4 is 23.4 Å². The molecular formula is C20H16ClN5O3S. The summed E-state index contributed by atoms with van der Waals surface area (Å²) in [6.45, 7) is 0.377. The summed E-state index contributed by atoms with van der Waals surface area (Å²) in [5.74, 6) is 3.62. The summed E-state index contributed by atoms with van der Waals surface area (Å²) in [6, 6.07) is 14.9. The normalized spacial score (nSPS) is 15.3. The molecule has 0 spiro atoms. The molecule has 0 saturated carbocycles. The van der Waals surface area contributed by atoms with Gasteiger partial charge in [0, 0.05) is 17.6 Å². The van der Waals surface area contributed by atoms with Crippen LogP contribution < -0.4 is 9.47 Å². The average molecular weight is 442 g/mol. The molecule has 2 aromatic carbocycles.